The summed E-state index contributed by atoms with van der Waals surface area (Å²) >= 11 is 6.30. The monoisotopic (exact) mass is 643 g/mol. The molecule has 2 heterocycles. The average molecular weight is 644 g/mol. The predicted octanol–water partition coefficient (Wildman–Crippen LogP) is 5.20. The van der Waals surface area contributed by atoms with Crippen LogP contribution in [0.4, 0.5) is 10.1 Å². The second-order valence-electron chi connectivity index (χ2n) is 12.2. The summed E-state index contributed by atoms with van der Waals surface area (Å²) in [6.07, 6.45) is 2.31. The molecule has 2 N–H and O–H groups in total. The number of likely N-dealkylation sites (tertiary alicyclic amines) is 1. The molecule has 3 fully saturated rings. The third kappa shape index (κ3) is 4.19. The number of nitrogens with one attached hydrogen (secondary N) is 1. The molecular weight excluding hydrogens is 613 g/mol. The van der Waals surface area contributed by atoms with Gasteiger partial charge in [-0.15, -0.1) is 0 Å². The van der Waals surface area contributed by atoms with Gasteiger partial charge in [-0.1, -0.05) is 35.4 Å². The summed E-state index contributed by atoms with van der Waals surface area (Å²) in [7, 11) is 1.49. The number of aromatic hydroxyl groups is 1. The van der Waals surface area contributed by atoms with Gasteiger partial charge in [-0.25, -0.2) is 4.39 Å². The van der Waals surface area contributed by atoms with Crippen LogP contribution in [0.15, 0.2) is 78.4 Å². The fraction of sp³-hybridized carbons (Fsp3) is 0.314. The summed E-state index contributed by atoms with van der Waals surface area (Å²) < 4.78 is 19.3. The molecule has 2 aliphatic carbocycles. The standard InChI is InChI=1S/C35H31ClFN3O6/c1-3-39-31(42)24-14-13-23-25(29(24)33(39)44)17-27-32(43)40(38-21-10-8-20(37)9-11-21)34(45)35(27,18-4-6-19(36)7-5-18)30(23)26-16-22(46-2)12-15-28(26)41/h4-13,15-16,24-25,27,29-30,38,41H,3,14,17H2,1-2H3. The van der Waals surface area contributed by atoms with E-state index in [1.165, 1.54) is 42.3 Å². The summed E-state index contributed by atoms with van der Waals surface area (Å²) in [6, 6.07) is 16.7. The Morgan fingerprint density at radius 3 is 2.37 bits per heavy atom. The highest BCUT2D eigenvalue weighted by atomic mass is 35.5. The number of phenols is 1. The Kier molecular flexibility index (Phi) is 7.15. The number of rotatable bonds is 6. The number of methoxy groups -OCH3 is 1. The van der Waals surface area contributed by atoms with Crippen LogP contribution in [0, 0.1) is 29.5 Å². The molecule has 1 saturated carbocycles. The van der Waals surface area contributed by atoms with Crippen LogP contribution in [0.2, 0.25) is 5.02 Å². The molecule has 0 spiro atoms. The van der Waals surface area contributed by atoms with Crippen molar-refractivity contribution in [1.29, 1.82) is 0 Å². The number of allylic oxidation sites excluding steroid dienone is 2. The number of phenolic OH excluding ortho intramolecular Hbond substituents is 1. The van der Waals surface area contributed by atoms with Gasteiger partial charge in [-0.3, -0.25) is 29.5 Å². The van der Waals surface area contributed by atoms with Crippen molar-refractivity contribution in [1.82, 2.24) is 9.91 Å². The molecule has 0 aromatic heterocycles. The second kappa shape index (κ2) is 11.0. The van der Waals surface area contributed by atoms with E-state index in [0.717, 1.165) is 5.01 Å². The van der Waals surface area contributed by atoms with Crippen LogP contribution in [0.3, 0.4) is 0 Å². The molecule has 6 atom stereocenters. The minimum absolute atomic E-state index is 0.111. The highest BCUT2D eigenvalue weighted by Crippen LogP contribution is 2.65. The van der Waals surface area contributed by atoms with Gasteiger partial charge in [0.1, 0.15) is 17.3 Å². The Bertz CT molecular complexity index is 1810. The zero-order chi connectivity index (χ0) is 32.5. The van der Waals surface area contributed by atoms with E-state index >= 15 is 4.79 Å². The minimum atomic E-state index is -1.59. The van der Waals surface area contributed by atoms with Crippen LogP contribution in [0.25, 0.3) is 0 Å². The molecule has 9 nitrogen and oxygen atoms in total. The van der Waals surface area contributed by atoms with Crippen molar-refractivity contribution in [2.75, 3.05) is 19.1 Å². The zero-order valence-corrected chi connectivity index (χ0v) is 25.8. The molecule has 0 radical (unpaired) electrons. The van der Waals surface area contributed by atoms with Gasteiger partial charge in [0.2, 0.25) is 11.8 Å². The molecule has 0 bridgehead atoms. The van der Waals surface area contributed by atoms with Crippen LogP contribution in [-0.2, 0) is 24.6 Å². The van der Waals surface area contributed by atoms with Crippen LogP contribution in [0.1, 0.15) is 36.8 Å². The number of carbonyl (C=O) groups is 4. The lowest BCUT2D eigenvalue weighted by Gasteiger charge is -2.50. The minimum Gasteiger partial charge on any atom is -0.508 e. The van der Waals surface area contributed by atoms with Crippen molar-refractivity contribution in [3.63, 3.8) is 0 Å². The summed E-state index contributed by atoms with van der Waals surface area (Å²) in [5, 5.41) is 12.8. The van der Waals surface area contributed by atoms with E-state index in [1.807, 2.05) is 6.08 Å². The third-order valence-electron chi connectivity index (χ3n) is 10.2. The summed E-state index contributed by atoms with van der Waals surface area (Å²) in [6.45, 7) is 1.99. The van der Waals surface area contributed by atoms with E-state index in [9.17, 15) is 23.9 Å². The highest BCUT2D eigenvalue weighted by molar-refractivity contribution is 6.30. The molecule has 3 aromatic rings. The van der Waals surface area contributed by atoms with Gasteiger partial charge in [0.15, 0.2) is 0 Å². The number of hydrazine groups is 1. The van der Waals surface area contributed by atoms with Gasteiger partial charge in [0.25, 0.3) is 11.8 Å². The first-order valence-corrected chi connectivity index (χ1v) is 15.6. The third-order valence-corrected chi connectivity index (χ3v) is 10.5. The number of amides is 4. The van der Waals surface area contributed by atoms with Crippen molar-refractivity contribution in [3.8, 4) is 11.5 Å². The Morgan fingerprint density at radius 2 is 1.70 bits per heavy atom. The van der Waals surface area contributed by atoms with Crippen molar-refractivity contribution >= 4 is 40.9 Å². The number of carbonyl (C=O) groups excluding carboxylic acids is 4. The van der Waals surface area contributed by atoms with Gasteiger partial charge in [0.05, 0.1) is 36.0 Å². The maximum atomic E-state index is 15.1. The van der Waals surface area contributed by atoms with E-state index in [0.29, 0.717) is 33.2 Å². The molecule has 4 aliphatic rings. The number of nitrogens with zero attached hydrogens (tertiary/aromatic N) is 2. The first kappa shape index (κ1) is 30.0. The van der Waals surface area contributed by atoms with Gasteiger partial charge in [-0.2, -0.15) is 5.01 Å². The Balaban J connectivity index is 1.49. The summed E-state index contributed by atoms with van der Waals surface area (Å²) in [5.74, 6) is -5.61. The largest absolute Gasteiger partial charge is 0.508 e. The fourth-order valence-electron chi connectivity index (χ4n) is 8.27. The first-order valence-electron chi connectivity index (χ1n) is 15.2. The average Bonchev–Trinajstić information content (AvgIpc) is 3.43. The van der Waals surface area contributed by atoms with Crippen molar-refractivity contribution in [3.05, 3.63) is 100 Å². The summed E-state index contributed by atoms with van der Waals surface area (Å²) in [4.78, 5) is 58.0. The van der Waals surface area contributed by atoms with E-state index in [1.54, 1.807) is 43.3 Å². The lowest BCUT2D eigenvalue weighted by Crippen LogP contribution is -2.53. The quantitative estimate of drug-likeness (QED) is 0.280. The number of halogens is 2. The van der Waals surface area contributed by atoms with Crippen LogP contribution in [0.5, 0.6) is 11.5 Å². The number of fused-ring (bicyclic) bond motifs is 4. The van der Waals surface area contributed by atoms with E-state index in [2.05, 4.69) is 5.43 Å². The SMILES string of the molecule is CCN1C(=O)C2CC=C3C(CC4C(=O)N(Nc5ccc(F)cc5)C(=O)C4(c4ccc(Cl)cc4)C3c3cc(OC)ccc3O)C2C1=O. The maximum absolute atomic E-state index is 15.1. The lowest BCUT2D eigenvalue weighted by atomic mass is 9.49. The van der Waals surface area contributed by atoms with Crippen molar-refractivity contribution in [2.45, 2.75) is 31.1 Å². The van der Waals surface area contributed by atoms with Gasteiger partial charge >= 0.3 is 0 Å². The lowest BCUT2D eigenvalue weighted by molar-refractivity contribution is -0.141. The smallest absolute Gasteiger partial charge is 0.260 e. The number of ether oxygens (including phenoxy) is 1. The van der Waals surface area contributed by atoms with Gasteiger partial charge in [0, 0.05) is 23.0 Å². The van der Waals surface area contributed by atoms with Crippen LogP contribution < -0.4 is 10.2 Å². The van der Waals surface area contributed by atoms with Gasteiger partial charge < -0.3 is 9.84 Å². The van der Waals surface area contributed by atoms with E-state index < -0.39 is 52.6 Å². The van der Waals surface area contributed by atoms with Crippen LogP contribution in [-0.4, -0.2) is 52.3 Å². The Hall–Kier alpha value is -4.70. The van der Waals surface area contributed by atoms with Crippen LogP contribution >= 0.6 is 11.6 Å². The number of benzene rings is 3. The zero-order valence-electron chi connectivity index (χ0n) is 25.1. The number of imide groups is 2. The normalized spacial score (nSPS) is 28.5. The Labute approximate surface area is 269 Å². The van der Waals surface area contributed by atoms with E-state index in [4.69, 9.17) is 16.3 Å². The molecule has 6 unspecified atom stereocenters. The summed E-state index contributed by atoms with van der Waals surface area (Å²) in [5.41, 5.74) is 3.19. The first-order chi connectivity index (χ1) is 22.1. The fourth-order valence-corrected chi connectivity index (χ4v) is 8.39. The number of hydrogen-bond donors (Lipinski definition) is 2. The molecule has 2 saturated heterocycles. The van der Waals surface area contributed by atoms with E-state index in [-0.39, 0.29) is 37.0 Å². The van der Waals surface area contributed by atoms with Crippen molar-refractivity contribution in [2.24, 2.45) is 23.7 Å². The topological polar surface area (TPSA) is 116 Å². The molecule has 7 rings (SSSR count). The Morgan fingerprint density at radius 1 is 0.978 bits per heavy atom. The van der Waals surface area contributed by atoms with Gasteiger partial charge in [-0.05, 0) is 85.8 Å². The molecule has 11 heteroatoms. The molecule has 46 heavy (non-hydrogen) atoms. The predicted molar refractivity (Wildman–Crippen MR) is 166 cm³/mol. The molecular formula is C35H31ClFN3O6. The second-order valence-corrected chi connectivity index (χ2v) is 12.7. The van der Waals surface area contributed by atoms with Crippen molar-refractivity contribution < 1.29 is 33.4 Å². The molecule has 2 aliphatic heterocycles. The molecule has 4 amide bonds. The number of anilines is 1. The molecule has 3 aromatic carbocycles. The highest BCUT2D eigenvalue weighted by Gasteiger charge is 2.70. The maximum Gasteiger partial charge on any atom is 0.260 e. The molecule has 236 valence electrons. The number of hydrogen-bond acceptors (Lipinski definition) is 7.